The van der Waals surface area contributed by atoms with Gasteiger partial charge in [-0.25, -0.2) is 13.2 Å². The second kappa shape index (κ2) is 3.08. The van der Waals surface area contributed by atoms with Gasteiger partial charge in [0.25, 0.3) is 4.58 Å². The highest BCUT2D eigenvalue weighted by Crippen LogP contribution is 2.63. The summed E-state index contributed by atoms with van der Waals surface area (Å²) in [5.74, 6) is -25.6. The summed E-state index contributed by atoms with van der Waals surface area (Å²) >= 11 is 1.14. The quantitative estimate of drug-likeness (QED) is 0.465. The van der Waals surface area contributed by atoms with Crippen molar-refractivity contribution in [3.8, 4) is 0 Å². The highest BCUT2D eigenvalue weighted by molar-refractivity contribution is 9.10. The zero-order valence-corrected chi connectivity index (χ0v) is 8.37. The molecule has 0 saturated carbocycles. The highest BCUT2D eigenvalue weighted by Gasteiger charge is 2.85. The normalized spacial score (nSPS) is 36.4. The topological polar surface area (TPSA) is 0 Å². The molecule has 0 spiro atoms. The first-order valence-electron chi connectivity index (χ1n) is 3.39. The van der Waals surface area contributed by atoms with Crippen molar-refractivity contribution in [2.75, 3.05) is 0 Å². The number of hydrogen-bond donors (Lipinski definition) is 0. The minimum absolute atomic E-state index is 1.14. The van der Waals surface area contributed by atoms with Gasteiger partial charge in [-0.15, -0.1) is 0 Å². The van der Waals surface area contributed by atoms with Crippen LogP contribution in [0.25, 0.3) is 0 Å². The second-order valence-corrected chi connectivity index (χ2v) is 4.02. The van der Waals surface area contributed by atoms with E-state index in [1.807, 2.05) is 0 Å². The summed E-state index contributed by atoms with van der Waals surface area (Å²) in [6.07, 6.45) is 0. The van der Waals surface area contributed by atoms with E-state index in [1.165, 1.54) is 0 Å². The molecule has 0 amide bonds. The Balaban J connectivity index is 3.64. The van der Waals surface area contributed by atoms with Gasteiger partial charge < -0.3 is 0 Å². The van der Waals surface area contributed by atoms with Crippen LogP contribution in [0.2, 0.25) is 0 Å². The number of alkyl halides is 8. The Bertz CT molecular complexity index is 321. The van der Waals surface area contributed by atoms with Crippen LogP contribution in [0.15, 0.2) is 11.7 Å². The van der Waals surface area contributed by atoms with Gasteiger partial charge in [0, 0.05) is 0 Å². The van der Waals surface area contributed by atoms with Gasteiger partial charge in [-0.1, -0.05) is 0 Å². The van der Waals surface area contributed by atoms with Gasteiger partial charge in [-0.05, 0) is 15.9 Å². The number of allylic oxidation sites excluding steroid dienone is 2. The molecule has 1 aliphatic rings. The molecule has 0 N–H and O–H groups in total. The van der Waals surface area contributed by atoms with E-state index in [9.17, 15) is 39.5 Å². The molecule has 0 aromatic rings. The van der Waals surface area contributed by atoms with E-state index in [2.05, 4.69) is 0 Å². The zero-order chi connectivity index (χ0) is 13.2. The van der Waals surface area contributed by atoms with Gasteiger partial charge in [-0.3, -0.25) is 0 Å². The summed E-state index contributed by atoms with van der Waals surface area (Å²) < 4.78 is 107. The molecule has 0 nitrogen and oxygen atoms in total. The average molecular weight is 323 g/mol. The Hall–Kier alpha value is -0.410. The molecular weight excluding hydrogens is 323 g/mol. The molecule has 1 unspecified atom stereocenters. The SMILES string of the molecule is FC1=C(F)C(F)(Br)C(F)(F)C(F)(F)C1(F)F. The van der Waals surface area contributed by atoms with Gasteiger partial charge >= 0.3 is 17.8 Å². The van der Waals surface area contributed by atoms with E-state index in [1.54, 1.807) is 0 Å². The summed E-state index contributed by atoms with van der Waals surface area (Å²) in [5, 5.41) is 0. The summed E-state index contributed by atoms with van der Waals surface area (Å²) in [6, 6.07) is 0. The molecular formula is C6BrF9. The highest BCUT2D eigenvalue weighted by atomic mass is 79.9. The maximum atomic E-state index is 12.8. The summed E-state index contributed by atoms with van der Waals surface area (Å²) in [4.78, 5) is 0. The lowest BCUT2D eigenvalue weighted by atomic mass is 9.92. The molecule has 0 bridgehead atoms. The predicted octanol–water partition coefficient (Wildman–Crippen LogP) is 4.12. The zero-order valence-electron chi connectivity index (χ0n) is 6.78. The maximum Gasteiger partial charge on any atom is 0.383 e. The molecule has 0 aliphatic heterocycles. The first-order chi connectivity index (χ1) is 6.82. The van der Waals surface area contributed by atoms with Crippen molar-refractivity contribution in [3.63, 3.8) is 0 Å². The lowest BCUT2D eigenvalue weighted by molar-refractivity contribution is -0.329. The number of halogens is 10. The van der Waals surface area contributed by atoms with Crippen LogP contribution >= 0.6 is 15.9 Å². The van der Waals surface area contributed by atoms with Crippen LogP contribution in [0.5, 0.6) is 0 Å². The molecule has 94 valence electrons. The molecule has 1 aliphatic carbocycles. The Morgan fingerprint density at radius 1 is 0.688 bits per heavy atom. The van der Waals surface area contributed by atoms with Crippen molar-refractivity contribution in [2.45, 2.75) is 22.3 Å². The summed E-state index contributed by atoms with van der Waals surface area (Å²) in [5.41, 5.74) is 0. The minimum Gasteiger partial charge on any atom is -0.216 e. The van der Waals surface area contributed by atoms with Gasteiger partial charge in [0.2, 0.25) is 5.83 Å². The van der Waals surface area contributed by atoms with Gasteiger partial charge in [0.1, 0.15) is 0 Å². The van der Waals surface area contributed by atoms with E-state index in [4.69, 9.17) is 0 Å². The minimum atomic E-state index is -6.40. The van der Waals surface area contributed by atoms with Crippen molar-refractivity contribution >= 4 is 15.9 Å². The molecule has 0 aromatic heterocycles. The molecule has 1 rings (SSSR count). The average Bonchev–Trinajstić information content (AvgIpc) is 2.12. The smallest absolute Gasteiger partial charge is 0.216 e. The van der Waals surface area contributed by atoms with Crippen molar-refractivity contribution < 1.29 is 39.5 Å². The van der Waals surface area contributed by atoms with Crippen molar-refractivity contribution in [1.82, 2.24) is 0 Å². The monoisotopic (exact) mass is 322 g/mol. The lowest BCUT2D eigenvalue weighted by Gasteiger charge is -2.40. The summed E-state index contributed by atoms with van der Waals surface area (Å²) in [7, 11) is 0. The van der Waals surface area contributed by atoms with Crippen LogP contribution in [-0.4, -0.2) is 22.3 Å². The Kier molecular flexibility index (Phi) is 2.63. The largest absolute Gasteiger partial charge is 0.383 e. The molecule has 16 heavy (non-hydrogen) atoms. The van der Waals surface area contributed by atoms with Crippen molar-refractivity contribution in [1.29, 1.82) is 0 Å². The molecule has 0 heterocycles. The molecule has 0 fully saturated rings. The van der Waals surface area contributed by atoms with E-state index in [0.717, 1.165) is 15.9 Å². The fraction of sp³-hybridized carbons (Fsp3) is 0.667. The molecule has 0 aromatic carbocycles. The van der Waals surface area contributed by atoms with Gasteiger partial charge in [0.05, 0.1) is 0 Å². The molecule has 0 radical (unpaired) electrons. The van der Waals surface area contributed by atoms with Gasteiger partial charge in [-0.2, -0.15) is 26.3 Å². The number of hydrogen-bond acceptors (Lipinski definition) is 0. The first-order valence-corrected chi connectivity index (χ1v) is 4.18. The van der Waals surface area contributed by atoms with E-state index in [0.29, 0.717) is 0 Å². The molecule has 10 heteroatoms. The van der Waals surface area contributed by atoms with Crippen LogP contribution in [0.1, 0.15) is 0 Å². The van der Waals surface area contributed by atoms with Gasteiger partial charge in [0.15, 0.2) is 5.83 Å². The van der Waals surface area contributed by atoms with Crippen LogP contribution < -0.4 is 0 Å². The lowest BCUT2D eigenvalue weighted by Crippen LogP contribution is -2.65. The fourth-order valence-corrected chi connectivity index (χ4v) is 1.37. The number of rotatable bonds is 0. The van der Waals surface area contributed by atoms with Crippen LogP contribution in [0, 0.1) is 0 Å². The third-order valence-corrected chi connectivity index (χ3v) is 2.77. The molecule has 1 atom stereocenters. The standard InChI is InChI=1S/C6BrF9/c7-3(10)1(8)2(9)4(11,12)6(15,16)5(3,13)14. The summed E-state index contributed by atoms with van der Waals surface area (Å²) in [6.45, 7) is 0. The third-order valence-electron chi connectivity index (χ3n) is 1.93. The molecule has 0 saturated heterocycles. The van der Waals surface area contributed by atoms with Crippen LogP contribution in [-0.2, 0) is 0 Å². The van der Waals surface area contributed by atoms with Crippen LogP contribution in [0.3, 0.4) is 0 Å². The van der Waals surface area contributed by atoms with Crippen molar-refractivity contribution in [2.24, 2.45) is 0 Å². The maximum absolute atomic E-state index is 12.8. The van der Waals surface area contributed by atoms with E-state index < -0.39 is 34.0 Å². The Morgan fingerprint density at radius 3 is 1.44 bits per heavy atom. The first kappa shape index (κ1) is 13.7. The fourth-order valence-electron chi connectivity index (χ4n) is 0.946. The van der Waals surface area contributed by atoms with E-state index >= 15 is 0 Å². The Morgan fingerprint density at radius 2 is 1.06 bits per heavy atom. The van der Waals surface area contributed by atoms with Crippen molar-refractivity contribution in [3.05, 3.63) is 11.7 Å². The Labute approximate surface area is 90.2 Å². The van der Waals surface area contributed by atoms with Crippen LogP contribution in [0.4, 0.5) is 39.5 Å². The predicted molar refractivity (Wildman–Crippen MR) is 36.8 cm³/mol. The third kappa shape index (κ3) is 1.19. The second-order valence-electron chi connectivity index (χ2n) is 2.93. The van der Waals surface area contributed by atoms with E-state index in [-0.39, 0.29) is 0 Å².